The zero-order valence-corrected chi connectivity index (χ0v) is 10.6. The number of rotatable bonds is 4. The first-order valence-electron chi connectivity index (χ1n) is 5.74. The lowest BCUT2D eigenvalue weighted by Gasteiger charge is -2.07. The van der Waals surface area contributed by atoms with Crippen molar-refractivity contribution in [3.8, 4) is 6.07 Å². The van der Waals surface area contributed by atoms with Crippen LogP contribution in [0.5, 0.6) is 0 Å². The van der Waals surface area contributed by atoms with Gasteiger partial charge in [0.05, 0.1) is 24.9 Å². The maximum Gasteiger partial charge on any atom is 0.337 e. The second-order valence-electron chi connectivity index (χ2n) is 3.92. The number of carbonyl (C=O) groups excluding carboxylic acids is 1. The zero-order chi connectivity index (χ0) is 14.5. The summed E-state index contributed by atoms with van der Waals surface area (Å²) in [4.78, 5) is 11.4. The lowest BCUT2D eigenvalue weighted by atomic mass is 10.2. The van der Waals surface area contributed by atoms with E-state index in [2.05, 4.69) is 10.1 Å². The molecule has 0 amide bonds. The van der Waals surface area contributed by atoms with E-state index in [0.29, 0.717) is 5.76 Å². The van der Waals surface area contributed by atoms with Crippen LogP contribution in [-0.2, 0) is 11.3 Å². The molecule has 1 aromatic heterocycles. The molecule has 0 spiro atoms. The Bertz CT molecular complexity index is 673. The van der Waals surface area contributed by atoms with Gasteiger partial charge in [0, 0.05) is 0 Å². The number of nitrogens with zero attached hydrogens (tertiary/aromatic N) is 1. The Kier molecular flexibility index (Phi) is 4.01. The number of anilines is 1. The predicted octanol–water partition coefficient (Wildman–Crippen LogP) is 2.69. The van der Waals surface area contributed by atoms with Crippen LogP contribution >= 0.6 is 0 Å². The second-order valence-corrected chi connectivity index (χ2v) is 3.92. The lowest BCUT2D eigenvalue weighted by molar-refractivity contribution is 0.0600. The van der Waals surface area contributed by atoms with Crippen LogP contribution in [0.4, 0.5) is 10.1 Å². The number of nitriles is 1. The third kappa shape index (κ3) is 2.95. The molecule has 0 unspecified atom stereocenters. The van der Waals surface area contributed by atoms with Crippen LogP contribution in [0.15, 0.2) is 34.7 Å². The van der Waals surface area contributed by atoms with Gasteiger partial charge < -0.3 is 14.5 Å². The number of nitrogens with one attached hydrogen (secondary N) is 1. The summed E-state index contributed by atoms with van der Waals surface area (Å²) in [6.45, 7) is 0.198. The van der Waals surface area contributed by atoms with Crippen LogP contribution < -0.4 is 5.32 Å². The highest BCUT2D eigenvalue weighted by molar-refractivity contribution is 5.90. The minimum absolute atomic E-state index is 0.155. The minimum Gasteiger partial charge on any atom is -0.465 e. The van der Waals surface area contributed by atoms with E-state index in [1.165, 1.54) is 31.4 Å². The van der Waals surface area contributed by atoms with Gasteiger partial charge in [-0.2, -0.15) is 5.26 Å². The molecule has 0 radical (unpaired) electrons. The summed E-state index contributed by atoms with van der Waals surface area (Å²) in [5, 5.41) is 11.4. The smallest absolute Gasteiger partial charge is 0.337 e. The van der Waals surface area contributed by atoms with Crippen molar-refractivity contribution in [3.63, 3.8) is 0 Å². The fourth-order valence-electron chi connectivity index (χ4n) is 1.62. The second kappa shape index (κ2) is 5.89. The molecule has 0 bridgehead atoms. The number of ether oxygens (including phenoxy) is 1. The molecule has 0 aliphatic rings. The van der Waals surface area contributed by atoms with E-state index in [9.17, 15) is 9.18 Å². The van der Waals surface area contributed by atoms with Crippen LogP contribution in [-0.4, -0.2) is 13.1 Å². The first-order valence-corrected chi connectivity index (χ1v) is 5.74. The molecule has 20 heavy (non-hydrogen) atoms. The van der Waals surface area contributed by atoms with Gasteiger partial charge in [0.2, 0.25) is 5.76 Å². The highest BCUT2D eigenvalue weighted by atomic mass is 19.1. The number of furan rings is 1. The molecule has 0 atom stereocenters. The summed E-state index contributed by atoms with van der Waals surface area (Å²) in [6, 6.07) is 8.88. The Hall–Kier alpha value is -2.81. The van der Waals surface area contributed by atoms with Gasteiger partial charge in [0.1, 0.15) is 17.6 Å². The highest BCUT2D eigenvalue weighted by Gasteiger charge is 2.10. The Morgan fingerprint density at radius 3 is 2.90 bits per heavy atom. The number of hydrogen-bond acceptors (Lipinski definition) is 5. The van der Waals surface area contributed by atoms with E-state index in [1.807, 2.05) is 6.07 Å². The molecule has 1 aromatic carbocycles. The van der Waals surface area contributed by atoms with Crippen molar-refractivity contribution in [1.29, 1.82) is 5.26 Å². The maximum atomic E-state index is 13.6. The van der Waals surface area contributed by atoms with Gasteiger partial charge in [-0.1, -0.05) is 0 Å². The van der Waals surface area contributed by atoms with Crippen LogP contribution in [0, 0.1) is 17.1 Å². The summed E-state index contributed by atoms with van der Waals surface area (Å²) in [7, 11) is 1.26. The van der Waals surface area contributed by atoms with Gasteiger partial charge in [-0.05, 0) is 30.3 Å². The standard InChI is InChI=1S/C14H11FN2O3/c1-19-14(18)9-2-5-12(15)13(6-9)17-8-11-4-3-10(7-16)20-11/h2-6,17H,8H2,1H3. The van der Waals surface area contributed by atoms with Gasteiger partial charge in [0.15, 0.2) is 0 Å². The number of esters is 1. The monoisotopic (exact) mass is 274 g/mol. The quantitative estimate of drug-likeness (QED) is 0.867. The van der Waals surface area contributed by atoms with Gasteiger partial charge in [-0.15, -0.1) is 0 Å². The first kappa shape index (κ1) is 13.6. The molecule has 0 fully saturated rings. The molecule has 0 aliphatic carbocycles. The van der Waals surface area contributed by atoms with Gasteiger partial charge in [-0.3, -0.25) is 0 Å². The number of carbonyl (C=O) groups is 1. The van der Waals surface area contributed by atoms with Crippen LogP contribution in [0.3, 0.4) is 0 Å². The molecule has 102 valence electrons. The largest absolute Gasteiger partial charge is 0.465 e. The first-order chi connectivity index (χ1) is 9.63. The zero-order valence-electron chi connectivity index (χ0n) is 10.6. The normalized spacial score (nSPS) is 9.85. The van der Waals surface area contributed by atoms with Crippen molar-refractivity contribution in [2.24, 2.45) is 0 Å². The molecule has 0 saturated heterocycles. The number of methoxy groups -OCH3 is 1. The fraction of sp³-hybridized carbons (Fsp3) is 0.143. The van der Waals surface area contributed by atoms with Crippen LogP contribution in [0.1, 0.15) is 21.9 Å². The maximum absolute atomic E-state index is 13.6. The third-order valence-electron chi connectivity index (χ3n) is 2.61. The summed E-state index contributed by atoms with van der Waals surface area (Å²) in [6.07, 6.45) is 0. The van der Waals surface area contributed by atoms with E-state index >= 15 is 0 Å². The van der Waals surface area contributed by atoms with Crippen molar-refractivity contribution >= 4 is 11.7 Å². The molecule has 1 heterocycles. The summed E-state index contributed by atoms with van der Waals surface area (Å²) in [5.74, 6) is -0.363. The van der Waals surface area contributed by atoms with E-state index in [0.717, 1.165) is 0 Å². The van der Waals surface area contributed by atoms with E-state index in [-0.39, 0.29) is 23.6 Å². The number of hydrogen-bond donors (Lipinski definition) is 1. The molecule has 5 nitrogen and oxygen atoms in total. The molecule has 0 saturated carbocycles. The van der Waals surface area contributed by atoms with Crippen LogP contribution in [0.2, 0.25) is 0 Å². The van der Waals surface area contributed by atoms with E-state index < -0.39 is 11.8 Å². The van der Waals surface area contributed by atoms with Gasteiger partial charge in [0.25, 0.3) is 0 Å². The average Bonchev–Trinajstić information content (AvgIpc) is 2.93. The fourth-order valence-corrected chi connectivity index (χ4v) is 1.62. The minimum atomic E-state index is -0.544. The molecular formula is C14H11FN2O3. The average molecular weight is 274 g/mol. The Morgan fingerprint density at radius 2 is 2.25 bits per heavy atom. The van der Waals surface area contributed by atoms with Crippen LogP contribution in [0.25, 0.3) is 0 Å². The van der Waals surface area contributed by atoms with Crippen molar-refractivity contribution in [1.82, 2.24) is 0 Å². The van der Waals surface area contributed by atoms with E-state index in [1.54, 1.807) is 6.07 Å². The van der Waals surface area contributed by atoms with Gasteiger partial charge >= 0.3 is 5.97 Å². The lowest BCUT2D eigenvalue weighted by Crippen LogP contribution is -2.05. The Labute approximate surface area is 114 Å². The molecule has 0 aliphatic heterocycles. The summed E-state index contributed by atoms with van der Waals surface area (Å²) >= 11 is 0. The Balaban J connectivity index is 2.12. The molecule has 2 rings (SSSR count). The number of benzene rings is 1. The van der Waals surface area contributed by atoms with Gasteiger partial charge in [-0.25, -0.2) is 9.18 Å². The van der Waals surface area contributed by atoms with E-state index in [4.69, 9.17) is 9.68 Å². The molecule has 6 heteroatoms. The third-order valence-corrected chi connectivity index (χ3v) is 2.61. The predicted molar refractivity (Wildman–Crippen MR) is 68.5 cm³/mol. The topological polar surface area (TPSA) is 75.3 Å². The van der Waals surface area contributed by atoms with Crippen molar-refractivity contribution < 1.29 is 18.3 Å². The summed E-state index contributed by atoms with van der Waals surface area (Å²) < 4.78 is 23.3. The van der Waals surface area contributed by atoms with Crippen molar-refractivity contribution in [2.75, 3.05) is 12.4 Å². The molecule has 1 N–H and O–H groups in total. The summed E-state index contributed by atoms with van der Waals surface area (Å²) in [5.41, 5.74) is 0.399. The molecule has 2 aromatic rings. The van der Waals surface area contributed by atoms with Crippen molar-refractivity contribution in [2.45, 2.75) is 6.54 Å². The number of halogens is 1. The Morgan fingerprint density at radius 1 is 1.45 bits per heavy atom. The SMILES string of the molecule is COC(=O)c1ccc(F)c(NCc2ccc(C#N)o2)c1. The highest BCUT2D eigenvalue weighted by Crippen LogP contribution is 2.18. The molecular weight excluding hydrogens is 263 g/mol. The van der Waals surface area contributed by atoms with Crippen molar-refractivity contribution in [3.05, 3.63) is 53.2 Å².